The molecule has 0 saturated carbocycles. The first kappa shape index (κ1) is 19.1. The number of para-hydroxylation sites is 1. The molecular formula is C21H23N3O2S2. The fourth-order valence-electron chi connectivity index (χ4n) is 3.22. The molecule has 3 aromatic rings. The molecule has 1 aliphatic heterocycles. The second kappa shape index (κ2) is 8.84. The van der Waals surface area contributed by atoms with Crippen LogP contribution < -0.4 is 9.64 Å². The Morgan fingerprint density at radius 2 is 1.89 bits per heavy atom. The average molecular weight is 414 g/mol. The molecule has 146 valence electrons. The number of carbonyl (C=O) groups excluding carboxylic acids is 1. The molecule has 2 heterocycles. The van der Waals surface area contributed by atoms with E-state index in [1.165, 1.54) is 0 Å². The van der Waals surface area contributed by atoms with Gasteiger partial charge in [0.05, 0.1) is 17.1 Å². The predicted molar refractivity (Wildman–Crippen MR) is 117 cm³/mol. The number of nitrogens with zero attached hydrogens (tertiary/aromatic N) is 3. The van der Waals surface area contributed by atoms with Crippen molar-refractivity contribution in [3.8, 4) is 5.75 Å². The van der Waals surface area contributed by atoms with E-state index in [-0.39, 0.29) is 5.91 Å². The van der Waals surface area contributed by atoms with E-state index in [1.807, 2.05) is 54.3 Å². The summed E-state index contributed by atoms with van der Waals surface area (Å²) in [6.07, 6.45) is 0. The highest BCUT2D eigenvalue weighted by molar-refractivity contribution is 8.00. The number of hydrogen-bond donors (Lipinski definition) is 0. The Morgan fingerprint density at radius 1 is 1.11 bits per heavy atom. The van der Waals surface area contributed by atoms with Gasteiger partial charge in [-0.05, 0) is 31.2 Å². The third-order valence-electron chi connectivity index (χ3n) is 4.68. The maximum atomic E-state index is 12.5. The second-order valence-corrected chi connectivity index (χ2v) is 8.56. The number of hydrogen-bond acceptors (Lipinski definition) is 6. The number of anilines is 1. The van der Waals surface area contributed by atoms with Crippen molar-refractivity contribution in [1.82, 2.24) is 9.88 Å². The lowest BCUT2D eigenvalue weighted by molar-refractivity contribution is -0.128. The van der Waals surface area contributed by atoms with Gasteiger partial charge >= 0.3 is 0 Å². The maximum Gasteiger partial charge on any atom is 0.233 e. The molecule has 2 aromatic carbocycles. The van der Waals surface area contributed by atoms with Crippen molar-refractivity contribution in [2.75, 3.05) is 43.4 Å². The largest absolute Gasteiger partial charge is 0.492 e. The Bertz CT molecular complexity index is 937. The number of aromatic nitrogens is 1. The van der Waals surface area contributed by atoms with Gasteiger partial charge in [-0.25, -0.2) is 4.98 Å². The van der Waals surface area contributed by atoms with Crippen molar-refractivity contribution in [2.45, 2.75) is 11.8 Å². The quantitative estimate of drug-likeness (QED) is 0.569. The lowest BCUT2D eigenvalue weighted by atomic mass is 10.3. The van der Waals surface area contributed by atoms with Gasteiger partial charge in [0.15, 0.2) is 5.13 Å². The topological polar surface area (TPSA) is 45.7 Å². The van der Waals surface area contributed by atoms with E-state index in [1.54, 1.807) is 23.1 Å². The minimum absolute atomic E-state index is 0.205. The Morgan fingerprint density at radius 3 is 2.64 bits per heavy atom. The smallest absolute Gasteiger partial charge is 0.233 e. The molecule has 0 unspecified atom stereocenters. The molecule has 1 aromatic heterocycles. The molecule has 7 heteroatoms. The minimum Gasteiger partial charge on any atom is -0.492 e. The molecule has 1 amide bonds. The van der Waals surface area contributed by atoms with E-state index in [0.717, 1.165) is 52.2 Å². The van der Waals surface area contributed by atoms with Gasteiger partial charge in [0.2, 0.25) is 5.91 Å². The van der Waals surface area contributed by atoms with Gasteiger partial charge in [-0.15, -0.1) is 11.8 Å². The Balaban J connectivity index is 1.35. The molecule has 1 aliphatic rings. The van der Waals surface area contributed by atoms with Gasteiger partial charge < -0.3 is 14.5 Å². The molecule has 0 radical (unpaired) electrons. The van der Waals surface area contributed by atoms with Crippen LogP contribution in [0.2, 0.25) is 0 Å². The molecule has 0 N–H and O–H groups in total. The summed E-state index contributed by atoms with van der Waals surface area (Å²) < 4.78 is 6.84. The summed E-state index contributed by atoms with van der Waals surface area (Å²) >= 11 is 3.29. The second-order valence-electron chi connectivity index (χ2n) is 6.50. The maximum absolute atomic E-state index is 12.5. The van der Waals surface area contributed by atoms with Gasteiger partial charge in [-0.3, -0.25) is 4.79 Å². The van der Waals surface area contributed by atoms with Gasteiger partial charge in [0.25, 0.3) is 0 Å². The van der Waals surface area contributed by atoms with Crippen molar-refractivity contribution < 1.29 is 9.53 Å². The fourth-order valence-corrected chi connectivity index (χ4v) is 5.08. The summed E-state index contributed by atoms with van der Waals surface area (Å²) in [4.78, 5) is 22.7. The molecule has 4 rings (SSSR count). The van der Waals surface area contributed by atoms with Crippen LogP contribution in [0.1, 0.15) is 6.92 Å². The monoisotopic (exact) mass is 413 g/mol. The third-order valence-corrected chi connectivity index (χ3v) is 6.76. The zero-order valence-electron chi connectivity index (χ0n) is 15.8. The van der Waals surface area contributed by atoms with Crippen LogP contribution >= 0.6 is 23.1 Å². The molecule has 5 nitrogen and oxygen atoms in total. The van der Waals surface area contributed by atoms with Crippen LogP contribution in [0.25, 0.3) is 10.2 Å². The van der Waals surface area contributed by atoms with Crippen LogP contribution in [-0.2, 0) is 4.79 Å². The first-order valence-corrected chi connectivity index (χ1v) is 11.3. The number of fused-ring (bicyclic) bond motifs is 1. The summed E-state index contributed by atoms with van der Waals surface area (Å²) in [5.74, 6) is 1.54. The standard InChI is InChI=1S/C21H23N3O2S2/c1-2-26-17-9-6-10-18-20(17)22-21(28-18)24-13-11-23(12-14-24)19(25)15-27-16-7-4-3-5-8-16/h3-10H,2,11-15H2,1H3. The zero-order valence-corrected chi connectivity index (χ0v) is 17.5. The highest BCUT2D eigenvalue weighted by atomic mass is 32.2. The van der Waals surface area contributed by atoms with E-state index in [4.69, 9.17) is 9.72 Å². The number of ether oxygens (including phenoxy) is 1. The van der Waals surface area contributed by atoms with Crippen LogP contribution in [0.5, 0.6) is 5.75 Å². The van der Waals surface area contributed by atoms with E-state index in [2.05, 4.69) is 11.0 Å². The molecule has 0 bridgehead atoms. The summed E-state index contributed by atoms with van der Waals surface area (Å²) in [7, 11) is 0. The predicted octanol–water partition coefficient (Wildman–Crippen LogP) is 4.14. The van der Waals surface area contributed by atoms with Gasteiger partial charge in [-0.2, -0.15) is 0 Å². The first-order valence-electron chi connectivity index (χ1n) is 9.47. The van der Waals surface area contributed by atoms with Gasteiger partial charge in [0, 0.05) is 31.1 Å². The van der Waals surface area contributed by atoms with Crippen molar-refractivity contribution in [3.63, 3.8) is 0 Å². The van der Waals surface area contributed by atoms with E-state index in [9.17, 15) is 4.79 Å². The fraction of sp³-hybridized carbons (Fsp3) is 0.333. The summed E-state index contributed by atoms with van der Waals surface area (Å²) in [6.45, 7) is 5.72. The number of amides is 1. The zero-order chi connectivity index (χ0) is 19.3. The number of carbonyl (C=O) groups is 1. The van der Waals surface area contributed by atoms with Crippen molar-refractivity contribution in [1.29, 1.82) is 0 Å². The highest BCUT2D eigenvalue weighted by Crippen LogP contribution is 2.34. The molecule has 1 fully saturated rings. The third kappa shape index (κ3) is 4.25. The van der Waals surface area contributed by atoms with Crippen molar-refractivity contribution in [3.05, 3.63) is 48.5 Å². The van der Waals surface area contributed by atoms with E-state index < -0.39 is 0 Å². The molecule has 0 atom stereocenters. The SMILES string of the molecule is CCOc1cccc2sc(N3CCN(C(=O)CSc4ccccc4)CC3)nc12. The van der Waals surface area contributed by atoms with E-state index >= 15 is 0 Å². The van der Waals surface area contributed by atoms with Crippen molar-refractivity contribution in [2.24, 2.45) is 0 Å². The number of rotatable bonds is 6. The first-order chi connectivity index (χ1) is 13.7. The number of benzene rings is 2. The molecule has 0 spiro atoms. The summed E-state index contributed by atoms with van der Waals surface area (Å²) in [6, 6.07) is 16.1. The Labute approximate surface area is 173 Å². The number of thiazole rings is 1. The summed E-state index contributed by atoms with van der Waals surface area (Å²) in [5, 5.41) is 1.01. The minimum atomic E-state index is 0.205. The average Bonchev–Trinajstić information content (AvgIpc) is 3.18. The van der Waals surface area contributed by atoms with Crippen LogP contribution in [0, 0.1) is 0 Å². The Hall–Kier alpha value is -2.25. The summed E-state index contributed by atoms with van der Waals surface area (Å²) in [5.41, 5.74) is 0.933. The van der Waals surface area contributed by atoms with Crippen LogP contribution in [0.15, 0.2) is 53.4 Å². The lowest BCUT2D eigenvalue weighted by Crippen LogP contribution is -2.49. The van der Waals surface area contributed by atoms with Crippen LogP contribution in [0.3, 0.4) is 0 Å². The molecule has 28 heavy (non-hydrogen) atoms. The van der Waals surface area contributed by atoms with Crippen LogP contribution in [0.4, 0.5) is 5.13 Å². The normalized spacial score (nSPS) is 14.5. The molecule has 0 aliphatic carbocycles. The van der Waals surface area contributed by atoms with E-state index in [0.29, 0.717) is 12.4 Å². The lowest BCUT2D eigenvalue weighted by Gasteiger charge is -2.34. The van der Waals surface area contributed by atoms with Crippen LogP contribution in [-0.4, -0.2) is 54.3 Å². The molecular weight excluding hydrogens is 390 g/mol. The van der Waals surface area contributed by atoms with Crippen molar-refractivity contribution >= 4 is 44.4 Å². The number of thioether (sulfide) groups is 1. The Kier molecular flexibility index (Phi) is 6.02. The highest BCUT2D eigenvalue weighted by Gasteiger charge is 2.23. The number of piperazine rings is 1. The molecule has 1 saturated heterocycles. The van der Waals surface area contributed by atoms with Gasteiger partial charge in [0.1, 0.15) is 11.3 Å². The van der Waals surface area contributed by atoms with Gasteiger partial charge in [-0.1, -0.05) is 35.6 Å².